The van der Waals surface area contributed by atoms with Gasteiger partial charge in [-0.2, -0.15) is 0 Å². The molecule has 0 aliphatic heterocycles. The van der Waals surface area contributed by atoms with Gasteiger partial charge in [-0.15, -0.1) is 0 Å². The molecular weight excluding hydrogens is 459 g/mol. The molecule has 1 aromatic heterocycles. The Hall–Kier alpha value is -3.39. The van der Waals surface area contributed by atoms with Crippen LogP contribution in [0.15, 0.2) is 54.7 Å². The molecule has 0 unspecified atom stereocenters. The Morgan fingerprint density at radius 1 is 1.21 bits per heavy atom. The van der Waals surface area contributed by atoms with Gasteiger partial charge in [0.05, 0.1) is 11.1 Å². The van der Waals surface area contributed by atoms with Gasteiger partial charge >= 0.3 is 12.1 Å². The summed E-state index contributed by atoms with van der Waals surface area (Å²) in [4.78, 5) is 30.7. The molecule has 3 rings (SSSR count). The number of aromatic nitrogens is 1. The predicted molar refractivity (Wildman–Crippen MR) is 131 cm³/mol. The summed E-state index contributed by atoms with van der Waals surface area (Å²) < 4.78 is 19.0. The average Bonchev–Trinajstić information content (AvgIpc) is 2.84. The third-order valence-corrected chi connectivity index (χ3v) is 5.81. The number of nitrogens with zero attached hydrogens (tertiary/aromatic N) is 2. The molecule has 2 N–H and O–H groups in total. The van der Waals surface area contributed by atoms with Crippen LogP contribution in [0.3, 0.4) is 0 Å². The summed E-state index contributed by atoms with van der Waals surface area (Å²) in [6.07, 6.45) is 3.02. The molecule has 0 spiro atoms. The average molecular weight is 486 g/mol. The van der Waals surface area contributed by atoms with E-state index in [1.165, 1.54) is 17.0 Å². The third-order valence-electron chi connectivity index (χ3n) is 5.38. The van der Waals surface area contributed by atoms with E-state index in [1.807, 2.05) is 24.3 Å². The summed E-state index contributed by atoms with van der Waals surface area (Å²) in [6.45, 7) is 3.89. The molecule has 34 heavy (non-hydrogen) atoms. The number of hydrogen-bond donors (Lipinski definition) is 2. The molecule has 0 fully saturated rings. The highest BCUT2D eigenvalue weighted by atomic mass is 35.5. The number of rotatable bonds is 9. The van der Waals surface area contributed by atoms with Crippen molar-refractivity contribution in [2.75, 3.05) is 19.0 Å². The molecular formula is C25H27ClFN4O3. The monoisotopic (exact) mass is 485 g/mol. The summed E-state index contributed by atoms with van der Waals surface area (Å²) in [5.41, 5.74) is 0.469. The summed E-state index contributed by atoms with van der Waals surface area (Å²) in [6, 6.07) is 13.1. The fourth-order valence-electron chi connectivity index (χ4n) is 3.38. The molecule has 0 saturated heterocycles. The van der Waals surface area contributed by atoms with Crippen LogP contribution in [-0.2, 0) is 11.3 Å². The standard InChI is InChI=1S/C25H27ClFN4O3/c1-3-4-11-20(31(2)24(32)29-15-19-10-7-12-21(27)23(19)26)16-34-25(33)30-22-13-17-8-5-6-9-18(17)14-28-22/h5-10,12-14,20H,1,3-4,11,15-16H2,2H3,(H,29,32)(H,28,30,33)/t20-/m0/s1. The molecule has 1 heterocycles. The molecule has 1 radical (unpaired) electrons. The van der Waals surface area contributed by atoms with Gasteiger partial charge in [0, 0.05) is 25.2 Å². The number of hydrogen-bond acceptors (Lipinski definition) is 4. The highest BCUT2D eigenvalue weighted by Gasteiger charge is 2.22. The van der Waals surface area contributed by atoms with E-state index in [0.717, 1.165) is 17.2 Å². The van der Waals surface area contributed by atoms with Crippen molar-refractivity contribution < 1.29 is 18.7 Å². The Balaban J connectivity index is 1.56. The number of pyridine rings is 1. The van der Waals surface area contributed by atoms with Crippen molar-refractivity contribution in [2.45, 2.75) is 31.8 Å². The molecule has 7 nitrogen and oxygen atoms in total. The lowest BCUT2D eigenvalue weighted by molar-refractivity contribution is 0.113. The molecule has 0 bridgehead atoms. The molecule has 2 aromatic carbocycles. The zero-order valence-electron chi connectivity index (χ0n) is 18.9. The molecule has 0 aliphatic carbocycles. The minimum absolute atomic E-state index is 0.00987. The quantitative estimate of drug-likeness (QED) is 0.402. The molecule has 3 amide bonds. The summed E-state index contributed by atoms with van der Waals surface area (Å²) in [5.74, 6) is -0.175. The van der Waals surface area contributed by atoms with E-state index in [4.69, 9.17) is 16.3 Å². The minimum Gasteiger partial charge on any atom is -0.447 e. The molecule has 1 atom stereocenters. The molecule has 3 aromatic rings. The number of carbonyl (C=O) groups is 2. The Labute approximate surface area is 203 Å². The minimum atomic E-state index is -0.664. The van der Waals surface area contributed by atoms with Gasteiger partial charge < -0.3 is 15.0 Å². The van der Waals surface area contributed by atoms with Gasteiger partial charge in [-0.1, -0.05) is 67.8 Å². The first kappa shape index (κ1) is 25.2. The number of halogens is 2. The van der Waals surface area contributed by atoms with Gasteiger partial charge in [0.25, 0.3) is 0 Å². The number of benzene rings is 2. The van der Waals surface area contributed by atoms with Gasteiger partial charge in [-0.3, -0.25) is 5.32 Å². The van der Waals surface area contributed by atoms with E-state index in [9.17, 15) is 14.0 Å². The van der Waals surface area contributed by atoms with Crippen molar-refractivity contribution in [3.8, 4) is 0 Å². The van der Waals surface area contributed by atoms with Crippen LogP contribution in [0.4, 0.5) is 19.8 Å². The van der Waals surface area contributed by atoms with Crippen molar-refractivity contribution >= 4 is 40.3 Å². The van der Waals surface area contributed by atoms with E-state index in [2.05, 4.69) is 22.5 Å². The second kappa shape index (κ2) is 12.2. The van der Waals surface area contributed by atoms with Crippen LogP contribution >= 0.6 is 11.6 Å². The van der Waals surface area contributed by atoms with Gasteiger partial charge in [0.2, 0.25) is 0 Å². The fraction of sp³-hybridized carbons (Fsp3) is 0.280. The number of nitrogens with one attached hydrogen (secondary N) is 2. The van der Waals surface area contributed by atoms with Crippen LogP contribution in [0.5, 0.6) is 0 Å². The van der Waals surface area contributed by atoms with Crippen molar-refractivity contribution in [3.05, 3.63) is 78.1 Å². The topological polar surface area (TPSA) is 83.6 Å². The molecule has 0 saturated carbocycles. The number of ether oxygens (including phenoxy) is 1. The summed E-state index contributed by atoms with van der Waals surface area (Å²) in [7, 11) is 1.61. The van der Waals surface area contributed by atoms with Crippen molar-refractivity contribution in [2.24, 2.45) is 0 Å². The van der Waals surface area contributed by atoms with Crippen LogP contribution in [0.1, 0.15) is 24.8 Å². The maximum absolute atomic E-state index is 13.6. The highest BCUT2D eigenvalue weighted by molar-refractivity contribution is 6.31. The summed E-state index contributed by atoms with van der Waals surface area (Å²) in [5, 5.41) is 7.21. The largest absolute Gasteiger partial charge is 0.447 e. The lowest BCUT2D eigenvalue weighted by Crippen LogP contribution is -2.46. The van der Waals surface area contributed by atoms with E-state index in [-0.39, 0.29) is 24.2 Å². The van der Waals surface area contributed by atoms with Crippen LogP contribution in [0.25, 0.3) is 10.8 Å². The number of unbranched alkanes of at least 4 members (excludes halogenated alkanes) is 1. The van der Waals surface area contributed by atoms with Gasteiger partial charge in [0.15, 0.2) is 0 Å². The number of fused-ring (bicyclic) bond motifs is 1. The van der Waals surface area contributed by atoms with Crippen LogP contribution in [-0.4, -0.2) is 41.7 Å². The van der Waals surface area contributed by atoms with Crippen molar-refractivity contribution in [1.29, 1.82) is 0 Å². The number of carbonyl (C=O) groups excluding carboxylic acids is 2. The van der Waals surface area contributed by atoms with Gasteiger partial charge in [-0.05, 0) is 29.5 Å². The number of urea groups is 1. The molecule has 9 heteroatoms. The van der Waals surface area contributed by atoms with Gasteiger partial charge in [0.1, 0.15) is 18.2 Å². The van der Waals surface area contributed by atoms with E-state index in [1.54, 1.807) is 25.4 Å². The first-order valence-corrected chi connectivity index (χ1v) is 11.3. The van der Waals surface area contributed by atoms with Crippen LogP contribution in [0, 0.1) is 12.7 Å². The smallest absolute Gasteiger partial charge is 0.412 e. The van der Waals surface area contributed by atoms with Crippen molar-refractivity contribution in [1.82, 2.24) is 15.2 Å². The van der Waals surface area contributed by atoms with E-state index in [0.29, 0.717) is 24.2 Å². The van der Waals surface area contributed by atoms with Gasteiger partial charge in [-0.25, -0.2) is 19.0 Å². The van der Waals surface area contributed by atoms with Crippen LogP contribution < -0.4 is 10.6 Å². The van der Waals surface area contributed by atoms with E-state index < -0.39 is 17.9 Å². The first-order chi connectivity index (χ1) is 16.4. The third kappa shape index (κ3) is 6.81. The Morgan fingerprint density at radius 3 is 2.74 bits per heavy atom. The number of likely N-dealkylation sites (N-methyl/N-ethyl adjacent to an activating group) is 1. The molecule has 179 valence electrons. The Bertz CT molecular complexity index is 1140. The first-order valence-electron chi connectivity index (χ1n) is 10.9. The zero-order valence-corrected chi connectivity index (χ0v) is 19.6. The van der Waals surface area contributed by atoms with E-state index >= 15 is 0 Å². The maximum Gasteiger partial charge on any atom is 0.412 e. The fourth-order valence-corrected chi connectivity index (χ4v) is 3.57. The lowest BCUT2D eigenvalue weighted by Gasteiger charge is -2.28. The second-order valence-electron chi connectivity index (χ2n) is 7.77. The summed E-state index contributed by atoms with van der Waals surface area (Å²) >= 11 is 5.95. The van der Waals surface area contributed by atoms with Crippen LogP contribution in [0.2, 0.25) is 5.02 Å². The van der Waals surface area contributed by atoms with Crippen molar-refractivity contribution in [3.63, 3.8) is 0 Å². The number of anilines is 1. The second-order valence-corrected chi connectivity index (χ2v) is 8.15. The normalized spacial score (nSPS) is 11.6. The molecule has 0 aliphatic rings. The lowest BCUT2D eigenvalue weighted by atomic mass is 10.1. The Morgan fingerprint density at radius 2 is 1.97 bits per heavy atom. The zero-order chi connectivity index (χ0) is 24.5. The SMILES string of the molecule is [CH2]CCC[C@@H](COC(=O)Nc1cc2ccccc2cn1)N(C)C(=O)NCc1cccc(F)c1Cl. The Kier molecular flexibility index (Phi) is 9.04. The maximum atomic E-state index is 13.6. The highest BCUT2D eigenvalue weighted by Crippen LogP contribution is 2.20. The number of amides is 3. The predicted octanol–water partition coefficient (Wildman–Crippen LogP) is 5.79.